The van der Waals surface area contributed by atoms with E-state index in [9.17, 15) is 24.0 Å². The maximum atomic E-state index is 14.4. The quantitative estimate of drug-likeness (QED) is 0.0343. The lowest BCUT2D eigenvalue weighted by molar-refractivity contribution is -0.137. The fourth-order valence-corrected chi connectivity index (χ4v) is 7.45. The molecule has 3 atom stereocenters. The molecule has 0 fully saturated rings. The molecular weight excluding hydrogens is 791 g/mol. The summed E-state index contributed by atoms with van der Waals surface area (Å²) >= 11 is 0. The van der Waals surface area contributed by atoms with Crippen LogP contribution in [0.3, 0.4) is 0 Å². The van der Waals surface area contributed by atoms with Crippen LogP contribution in [-0.4, -0.2) is 66.4 Å². The molecule has 11 nitrogen and oxygen atoms in total. The summed E-state index contributed by atoms with van der Waals surface area (Å²) in [6.07, 6.45) is 3.27. The Morgan fingerprint density at radius 3 is 1.60 bits per heavy atom. The number of hydrogen-bond acceptors (Lipinski definition) is 6. The summed E-state index contributed by atoms with van der Waals surface area (Å²) in [5, 5.41) is 12.2. The van der Waals surface area contributed by atoms with Crippen LogP contribution in [0.2, 0.25) is 0 Å². The van der Waals surface area contributed by atoms with Crippen molar-refractivity contribution in [2.24, 2.45) is 5.92 Å². The maximum Gasteiger partial charge on any atom is 0.330 e. The number of carbonyl (C=O) groups is 5. The molecule has 11 heteroatoms. The number of nitrogens with one attached hydrogen (secondary N) is 4. The molecule has 0 saturated carbocycles. The third-order valence-corrected chi connectivity index (χ3v) is 10.6. The summed E-state index contributed by atoms with van der Waals surface area (Å²) in [5.74, 6) is -1.91. The molecular formula is C52H59N5O6. The molecule has 0 aliphatic heterocycles. The van der Waals surface area contributed by atoms with E-state index in [1.165, 1.54) is 17.1 Å². The highest BCUT2D eigenvalue weighted by Crippen LogP contribution is 2.37. The lowest BCUT2D eigenvalue weighted by Crippen LogP contribution is -2.56. The van der Waals surface area contributed by atoms with Crippen molar-refractivity contribution in [3.63, 3.8) is 0 Å². The number of benzene rings is 5. The fraction of sp³-hybridized carbons (Fsp3) is 0.288. The van der Waals surface area contributed by atoms with Gasteiger partial charge in [0.25, 0.3) is 0 Å². The van der Waals surface area contributed by atoms with Gasteiger partial charge in [0.15, 0.2) is 0 Å². The first-order valence-corrected chi connectivity index (χ1v) is 21.5. The highest BCUT2D eigenvalue weighted by molar-refractivity contribution is 5.92. The van der Waals surface area contributed by atoms with E-state index in [0.29, 0.717) is 13.0 Å². The lowest BCUT2D eigenvalue weighted by Gasteiger charge is -2.37. The van der Waals surface area contributed by atoms with Gasteiger partial charge in [-0.25, -0.2) is 9.59 Å². The van der Waals surface area contributed by atoms with Crippen LogP contribution in [0, 0.1) is 5.92 Å². The summed E-state index contributed by atoms with van der Waals surface area (Å²) < 4.78 is 5.14. The Hall–Kier alpha value is -7.01. The van der Waals surface area contributed by atoms with Gasteiger partial charge in [0.2, 0.25) is 17.7 Å². The molecule has 0 saturated heterocycles. The van der Waals surface area contributed by atoms with Crippen LogP contribution in [0.4, 0.5) is 4.79 Å². The van der Waals surface area contributed by atoms with Crippen molar-refractivity contribution >= 4 is 29.7 Å². The van der Waals surface area contributed by atoms with E-state index in [0.717, 1.165) is 27.8 Å². The van der Waals surface area contributed by atoms with Crippen molar-refractivity contribution in [3.8, 4) is 0 Å². The molecule has 5 aromatic rings. The third kappa shape index (κ3) is 14.0. The number of ether oxygens (including phenoxy) is 1. The van der Waals surface area contributed by atoms with Gasteiger partial charge in [-0.2, -0.15) is 0 Å². The zero-order valence-corrected chi connectivity index (χ0v) is 36.5. The highest BCUT2D eigenvalue weighted by Gasteiger charge is 2.38. The number of hydrogen-bond donors (Lipinski definition) is 4. The van der Waals surface area contributed by atoms with Crippen molar-refractivity contribution < 1.29 is 28.7 Å². The van der Waals surface area contributed by atoms with Crippen molar-refractivity contribution in [2.75, 3.05) is 13.7 Å². The maximum absolute atomic E-state index is 14.4. The standard InChI is InChI=1S/C52H59N5O6/c1-5-63-48(59)34-32-44(31-33-47(58)56-52(41-25-15-8-16-26-41,42-27-17-9-18-28-42)43-29-19-10-20-30-43)53-49(60)46(36-39-21-11-6-12-22-39)54-50(61)45(35-38(2)3)55-51(62)57(4)37-40-23-13-7-14-24-40/h6-30,32,34,38,44-46H,5,31,33,35-37H2,1-4H3,(H,53,60)(H,54,61)(H,55,62)(H,56,58)/b34-32+/t44-,45-,46-/m0/s1. The molecule has 5 aromatic carbocycles. The summed E-state index contributed by atoms with van der Waals surface area (Å²) in [6.45, 7) is 6.10. The normalized spacial score (nSPS) is 12.7. The van der Waals surface area contributed by atoms with Gasteiger partial charge in [-0.05, 0) is 53.5 Å². The van der Waals surface area contributed by atoms with Crippen molar-refractivity contribution in [2.45, 2.75) is 76.7 Å². The fourth-order valence-electron chi connectivity index (χ4n) is 7.45. The monoisotopic (exact) mass is 849 g/mol. The summed E-state index contributed by atoms with van der Waals surface area (Å²) in [4.78, 5) is 70.3. The first-order valence-electron chi connectivity index (χ1n) is 21.5. The minimum atomic E-state index is -1.08. The molecule has 328 valence electrons. The number of amides is 5. The minimum absolute atomic E-state index is 0.0369. The summed E-state index contributed by atoms with van der Waals surface area (Å²) in [7, 11) is 1.66. The second-order valence-electron chi connectivity index (χ2n) is 15.9. The van der Waals surface area contributed by atoms with E-state index < -0.39 is 47.5 Å². The van der Waals surface area contributed by atoms with Gasteiger partial charge in [0.1, 0.15) is 17.6 Å². The highest BCUT2D eigenvalue weighted by atomic mass is 16.5. The van der Waals surface area contributed by atoms with Gasteiger partial charge in [0, 0.05) is 38.6 Å². The zero-order chi connectivity index (χ0) is 45.0. The van der Waals surface area contributed by atoms with Gasteiger partial charge >= 0.3 is 12.0 Å². The largest absolute Gasteiger partial charge is 0.463 e. The molecule has 5 amide bonds. The SMILES string of the molecule is CCOC(=O)/C=C/[C@H](CCC(=O)NC(c1ccccc1)(c1ccccc1)c1ccccc1)NC(=O)[C@H](Cc1ccccc1)NC(=O)[C@H](CC(C)C)NC(=O)N(C)Cc1ccccc1. The number of carbonyl (C=O) groups excluding carboxylic acids is 5. The molecule has 4 N–H and O–H groups in total. The van der Waals surface area contributed by atoms with Crippen LogP contribution >= 0.6 is 0 Å². The first-order chi connectivity index (χ1) is 30.5. The smallest absolute Gasteiger partial charge is 0.330 e. The van der Waals surface area contributed by atoms with Crippen molar-refractivity contribution in [3.05, 3.63) is 192 Å². The predicted molar refractivity (Wildman–Crippen MR) is 246 cm³/mol. The molecule has 0 aliphatic carbocycles. The molecule has 0 aliphatic rings. The number of urea groups is 1. The van der Waals surface area contributed by atoms with Crippen molar-refractivity contribution in [1.82, 2.24) is 26.2 Å². The summed E-state index contributed by atoms with van der Waals surface area (Å²) in [5.41, 5.74) is 3.25. The average Bonchev–Trinajstić information content (AvgIpc) is 3.30. The molecule has 0 heterocycles. The Balaban J connectivity index is 1.39. The number of rotatable bonds is 21. The zero-order valence-electron chi connectivity index (χ0n) is 36.5. The molecule has 0 aromatic heterocycles. The van der Waals surface area contributed by atoms with E-state index in [1.54, 1.807) is 14.0 Å². The Kier molecular flexibility index (Phi) is 17.8. The van der Waals surface area contributed by atoms with Gasteiger partial charge < -0.3 is 30.9 Å². The van der Waals surface area contributed by atoms with Gasteiger partial charge in [-0.1, -0.05) is 172 Å². The van der Waals surface area contributed by atoms with Crippen LogP contribution in [0.1, 0.15) is 67.9 Å². The van der Waals surface area contributed by atoms with Gasteiger partial charge in [-0.15, -0.1) is 0 Å². The van der Waals surface area contributed by atoms with Crippen LogP contribution < -0.4 is 21.3 Å². The van der Waals surface area contributed by atoms with E-state index in [4.69, 9.17) is 4.74 Å². The number of nitrogens with zero attached hydrogens (tertiary/aromatic N) is 1. The van der Waals surface area contributed by atoms with Crippen LogP contribution in [0.15, 0.2) is 164 Å². The van der Waals surface area contributed by atoms with Crippen LogP contribution in [0.5, 0.6) is 0 Å². The van der Waals surface area contributed by atoms with E-state index in [2.05, 4.69) is 21.3 Å². The summed E-state index contributed by atoms with van der Waals surface area (Å²) in [6, 6.07) is 44.8. The molecule has 63 heavy (non-hydrogen) atoms. The van der Waals surface area contributed by atoms with E-state index >= 15 is 0 Å². The number of esters is 1. The van der Waals surface area contributed by atoms with E-state index in [-0.39, 0.29) is 37.7 Å². The molecule has 0 bridgehead atoms. The van der Waals surface area contributed by atoms with Gasteiger partial charge in [0.05, 0.1) is 6.61 Å². The van der Waals surface area contributed by atoms with E-state index in [1.807, 2.05) is 166 Å². The Morgan fingerprint density at radius 2 is 1.11 bits per heavy atom. The third-order valence-electron chi connectivity index (χ3n) is 10.6. The molecule has 0 radical (unpaired) electrons. The predicted octanol–water partition coefficient (Wildman–Crippen LogP) is 7.46. The van der Waals surface area contributed by atoms with Crippen LogP contribution in [-0.2, 0) is 42.4 Å². The molecule has 0 unspecified atom stereocenters. The van der Waals surface area contributed by atoms with Gasteiger partial charge in [-0.3, -0.25) is 14.4 Å². The lowest BCUT2D eigenvalue weighted by atomic mass is 9.77. The Morgan fingerprint density at radius 1 is 0.635 bits per heavy atom. The minimum Gasteiger partial charge on any atom is -0.463 e. The first kappa shape index (κ1) is 47.0. The topological polar surface area (TPSA) is 146 Å². The average molecular weight is 850 g/mol. The second kappa shape index (κ2) is 23.8. The second-order valence-corrected chi connectivity index (χ2v) is 15.9. The Labute approximate surface area is 371 Å². The Bertz CT molecular complexity index is 2140. The van der Waals surface area contributed by atoms with Crippen molar-refractivity contribution in [1.29, 1.82) is 0 Å². The molecule has 5 rings (SSSR count). The molecule has 0 spiro atoms. The van der Waals surface area contributed by atoms with Crippen LogP contribution in [0.25, 0.3) is 0 Å².